The minimum absolute atomic E-state index is 0.00234. The van der Waals surface area contributed by atoms with Crippen molar-refractivity contribution in [1.29, 1.82) is 0 Å². The third-order valence-corrected chi connectivity index (χ3v) is 2.44. The van der Waals surface area contributed by atoms with Gasteiger partial charge in [-0.25, -0.2) is 4.79 Å². The lowest BCUT2D eigenvalue weighted by Gasteiger charge is -2.18. The van der Waals surface area contributed by atoms with Crippen LogP contribution < -0.4 is 0 Å². The molecule has 0 rings (SSSR count). The topological polar surface area (TPSA) is 71.1 Å². The molecule has 0 aliphatic carbocycles. The van der Waals surface area contributed by atoms with E-state index in [0.29, 0.717) is 6.61 Å². The molecule has 0 aromatic rings. The fourth-order valence-corrected chi connectivity index (χ4v) is 1.28. The molecule has 0 aromatic heterocycles. The molecule has 6 nitrogen and oxygen atoms in total. The van der Waals surface area contributed by atoms with Crippen LogP contribution in [-0.2, 0) is 28.5 Å². The number of ether oxygens (including phenoxy) is 4. The number of rotatable bonds is 10. The average Bonchev–Trinajstić information content (AvgIpc) is 2.38. The monoisotopic (exact) mass is 364 g/mol. The highest BCUT2D eigenvalue weighted by Crippen LogP contribution is 2.26. The summed E-state index contributed by atoms with van der Waals surface area (Å²) >= 11 is 16.0. The molecule has 0 spiro atoms. The standard InChI is InChI=1S/C12H19Cl3O6/c1-3-4-5-18-10(6-19-9(2)16)7-20-11(17)8-21-12(13,14)15/h10H,3-8H2,1-2H3. The Bertz CT molecular complexity index is 319. The fourth-order valence-electron chi connectivity index (χ4n) is 1.12. The predicted molar refractivity (Wildman–Crippen MR) is 78.5 cm³/mol. The van der Waals surface area contributed by atoms with Crippen LogP contribution in [0, 0.1) is 0 Å². The Kier molecular flexibility index (Phi) is 11.2. The second-order valence-electron chi connectivity index (χ2n) is 4.07. The Hall–Kier alpha value is -0.270. The molecule has 0 amide bonds. The van der Waals surface area contributed by atoms with E-state index in [1.54, 1.807) is 0 Å². The van der Waals surface area contributed by atoms with Crippen LogP contribution in [0.15, 0.2) is 0 Å². The number of carbonyl (C=O) groups excluding carboxylic acids is 2. The highest BCUT2D eigenvalue weighted by Gasteiger charge is 2.23. The Morgan fingerprint density at radius 2 is 1.76 bits per heavy atom. The first-order valence-corrected chi connectivity index (χ1v) is 7.49. The summed E-state index contributed by atoms with van der Waals surface area (Å²) in [6, 6.07) is 0. The van der Waals surface area contributed by atoms with E-state index in [2.05, 4.69) is 4.74 Å². The van der Waals surface area contributed by atoms with Gasteiger partial charge in [0.05, 0.1) is 0 Å². The molecule has 0 N–H and O–H groups in total. The van der Waals surface area contributed by atoms with Crippen LogP contribution in [0.1, 0.15) is 26.7 Å². The molecule has 0 bridgehead atoms. The first-order chi connectivity index (χ1) is 9.74. The molecule has 9 heteroatoms. The molecule has 0 radical (unpaired) electrons. The number of hydrogen-bond donors (Lipinski definition) is 0. The molecule has 0 aromatic carbocycles. The smallest absolute Gasteiger partial charge is 0.332 e. The van der Waals surface area contributed by atoms with Crippen molar-refractivity contribution < 1.29 is 28.5 Å². The maximum absolute atomic E-state index is 11.4. The summed E-state index contributed by atoms with van der Waals surface area (Å²) in [6.07, 6.45) is 1.26. The molecular formula is C12H19Cl3O6. The van der Waals surface area contributed by atoms with Crippen molar-refractivity contribution in [1.82, 2.24) is 0 Å². The SMILES string of the molecule is CCCCOC(COC(C)=O)COC(=O)COC(Cl)(Cl)Cl. The van der Waals surface area contributed by atoms with Gasteiger partial charge >= 0.3 is 11.9 Å². The molecule has 124 valence electrons. The lowest BCUT2D eigenvalue weighted by Crippen LogP contribution is -2.30. The van der Waals surface area contributed by atoms with Crippen LogP contribution in [0.25, 0.3) is 0 Å². The van der Waals surface area contributed by atoms with Gasteiger partial charge in [0.15, 0.2) is 0 Å². The summed E-state index contributed by atoms with van der Waals surface area (Å²) in [7, 11) is 0. The van der Waals surface area contributed by atoms with Crippen LogP contribution in [-0.4, -0.2) is 48.4 Å². The zero-order valence-corrected chi connectivity index (χ0v) is 14.2. The van der Waals surface area contributed by atoms with Gasteiger partial charge in [0.2, 0.25) is 0 Å². The van der Waals surface area contributed by atoms with Crippen molar-refractivity contribution in [3.63, 3.8) is 0 Å². The highest BCUT2D eigenvalue weighted by molar-refractivity contribution is 6.66. The molecule has 0 saturated carbocycles. The van der Waals surface area contributed by atoms with Gasteiger partial charge in [-0.05, 0) is 6.42 Å². The molecule has 0 heterocycles. The predicted octanol–water partition coefficient (Wildman–Crippen LogP) is 2.62. The van der Waals surface area contributed by atoms with Crippen molar-refractivity contribution in [3.8, 4) is 0 Å². The summed E-state index contributed by atoms with van der Waals surface area (Å²) in [6.45, 7) is 3.18. The zero-order valence-electron chi connectivity index (χ0n) is 11.9. The summed E-state index contributed by atoms with van der Waals surface area (Å²) in [5.41, 5.74) is 0. The number of unbranched alkanes of at least 4 members (excludes halogenated alkanes) is 1. The first-order valence-electron chi connectivity index (χ1n) is 6.36. The van der Waals surface area contributed by atoms with E-state index < -0.39 is 28.6 Å². The highest BCUT2D eigenvalue weighted by atomic mass is 35.6. The van der Waals surface area contributed by atoms with Gasteiger partial charge in [-0.1, -0.05) is 48.1 Å². The molecule has 0 fully saturated rings. The second kappa shape index (κ2) is 11.3. The van der Waals surface area contributed by atoms with Crippen molar-refractivity contribution in [2.24, 2.45) is 0 Å². The third-order valence-electron chi connectivity index (χ3n) is 2.11. The van der Waals surface area contributed by atoms with E-state index in [1.807, 2.05) is 6.92 Å². The molecule has 21 heavy (non-hydrogen) atoms. The molecule has 0 aliphatic heterocycles. The number of halogens is 3. The van der Waals surface area contributed by atoms with Gasteiger partial charge < -0.3 is 18.9 Å². The van der Waals surface area contributed by atoms with Gasteiger partial charge in [0.25, 0.3) is 3.98 Å². The maximum Gasteiger partial charge on any atom is 0.332 e. The van der Waals surface area contributed by atoms with Crippen LogP contribution in [0.5, 0.6) is 0 Å². The quantitative estimate of drug-likeness (QED) is 0.337. The minimum atomic E-state index is -1.98. The van der Waals surface area contributed by atoms with Crippen LogP contribution >= 0.6 is 34.8 Å². The molecule has 0 aliphatic rings. The summed E-state index contributed by atoms with van der Waals surface area (Å²) in [5.74, 6) is -1.15. The van der Waals surface area contributed by atoms with E-state index in [1.165, 1.54) is 6.92 Å². The normalized spacial score (nSPS) is 12.8. The number of alkyl halides is 3. The van der Waals surface area contributed by atoms with Crippen LogP contribution in [0.2, 0.25) is 0 Å². The maximum atomic E-state index is 11.4. The lowest BCUT2D eigenvalue weighted by atomic mass is 10.3. The van der Waals surface area contributed by atoms with E-state index in [0.717, 1.165) is 12.8 Å². The first kappa shape index (κ1) is 20.7. The minimum Gasteiger partial charge on any atom is -0.463 e. The number of hydrogen-bond acceptors (Lipinski definition) is 6. The third kappa shape index (κ3) is 14.4. The molecule has 1 unspecified atom stereocenters. The van der Waals surface area contributed by atoms with E-state index in [-0.39, 0.29) is 13.2 Å². The van der Waals surface area contributed by atoms with Gasteiger partial charge in [0.1, 0.15) is 25.9 Å². The van der Waals surface area contributed by atoms with Gasteiger partial charge in [-0.15, -0.1) is 0 Å². The molecule has 1 atom stereocenters. The van der Waals surface area contributed by atoms with Crippen LogP contribution in [0.4, 0.5) is 0 Å². The van der Waals surface area contributed by atoms with Crippen LogP contribution in [0.3, 0.4) is 0 Å². The number of carbonyl (C=O) groups is 2. The average molecular weight is 366 g/mol. The van der Waals surface area contributed by atoms with Gasteiger partial charge in [-0.2, -0.15) is 0 Å². The number of esters is 2. The fraction of sp³-hybridized carbons (Fsp3) is 0.833. The van der Waals surface area contributed by atoms with E-state index in [4.69, 9.17) is 49.0 Å². The van der Waals surface area contributed by atoms with E-state index in [9.17, 15) is 9.59 Å². The molecular weight excluding hydrogens is 346 g/mol. The Morgan fingerprint density at radius 1 is 1.14 bits per heavy atom. The van der Waals surface area contributed by atoms with Crippen molar-refractivity contribution in [3.05, 3.63) is 0 Å². The van der Waals surface area contributed by atoms with Crippen molar-refractivity contribution in [2.75, 3.05) is 26.4 Å². The second-order valence-corrected chi connectivity index (χ2v) is 6.24. The summed E-state index contributed by atoms with van der Waals surface area (Å²) < 4.78 is 17.8. The Morgan fingerprint density at radius 3 is 2.29 bits per heavy atom. The zero-order chi connectivity index (χ0) is 16.3. The molecule has 0 saturated heterocycles. The largest absolute Gasteiger partial charge is 0.463 e. The van der Waals surface area contributed by atoms with Crippen molar-refractivity contribution >= 4 is 46.7 Å². The van der Waals surface area contributed by atoms with Gasteiger partial charge in [0, 0.05) is 13.5 Å². The summed E-state index contributed by atoms with van der Waals surface area (Å²) in [5, 5.41) is 0. The van der Waals surface area contributed by atoms with Crippen molar-refractivity contribution in [2.45, 2.75) is 36.8 Å². The van der Waals surface area contributed by atoms with E-state index >= 15 is 0 Å². The summed E-state index contributed by atoms with van der Waals surface area (Å²) in [4.78, 5) is 22.2. The lowest BCUT2D eigenvalue weighted by molar-refractivity contribution is -0.157. The van der Waals surface area contributed by atoms with Gasteiger partial charge in [-0.3, -0.25) is 4.79 Å². The Labute approximate surface area is 138 Å². The Balaban J connectivity index is 4.07.